The molecule has 3 atom stereocenters. The van der Waals surface area contributed by atoms with Crippen LogP contribution in [0.1, 0.15) is 46.0 Å². The average molecular weight is 182 g/mol. The van der Waals surface area contributed by atoms with Gasteiger partial charge in [-0.1, -0.05) is 6.92 Å². The van der Waals surface area contributed by atoms with Crippen LogP contribution in [-0.4, -0.2) is 16.5 Å². The van der Waals surface area contributed by atoms with Gasteiger partial charge in [-0.15, -0.1) is 0 Å². The summed E-state index contributed by atoms with van der Waals surface area (Å²) in [7, 11) is 0. The van der Waals surface area contributed by atoms with Crippen molar-refractivity contribution < 1.29 is 9.90 Å². The van der Waals surface area contributed by atoms with E-state index in [4.69, 9.17) is 0 Å². The van der Waals surface area contributed by atoms with Gasteiger partial charge in [0, 0.05) is 12.3 Å². The van der Waals surface area contributed by atoms with Crippen molar-refractivity contribution in [3.63, 3.8) is 0 Å². The van der Waals surface area contributed by atoms with Crippen LogP contribution in [0, 0.1) is 11.3 Å². The van der Waals surface area contributed by atoms with Gasteiger partial charge in [0.15, 0.2) is 0 Å². The molecule has 3 fully saturated rings. The lowest BCUT2D eigenvalue weighted by atomic mass is 9.53. The third-order valence-corrected chi connectivity index (χ3v) is 4.13. The predicted molar refractivity (Wildman–Crippen MR) is 50.3 cm³/mol. The van der Waals surface area contributed by atoms with E-state index in [0.717, 1.165) is 25.7 Å². The quantitative estimate of drug-likeness (QED) is 0.672. The summed E-state index contributed by atoms with van der Waals surface area (Å²) in [5, 5.41) is 10.1. The van der Waals surface area contributed by atoms with Gasteiger partial charge in [0.2, 0.25) is 0 Å². The van der Waals surface area contributed by atoms with Crippen LogP contribution in [0.15, 0.2) is 0 Å². The number of fused-ring (bicyclic) bond motifs is 3. The Morgan fingerprint density at radius 1 is 1.62 bits per heavy atom. The van der Waals surface area contributed by atoms with Crippen LogP contribution in [0.4, 0.5) is 0 Å². The molecule has 0 saturated heterocycles. The molecule has 0 aromatic rings. The smallest absolute Gasteiger partial charge is 0.139 e. The van der Waals surface area contributed by atoms with E-state index in [-0.39, 0.29) is 11.3 Å². The van der Waals surface area contributed by atoms with Gasteiger partial charge in [0.1, 0.15) is 5.78 Å². The Labute approximate surface area is 79.3 Å². The molecule has 0 aliphatic heterocycles. The summed E-state index contributed by atoms with van der Waals surface area (Å²) in [6.07, 6.45) is 4.61. The van der Waals surface area contributed by atoms with Crippen molar-refractivity contribution in [1.82, 2.24) is 0 Å². The molecule has 0 amide bonds. The first kappa shape index (κ1) is 9.20. The lowest BCUT2D eigenvalue weighted by Crippen LogP contribution is -2.55. The number of Topliss-reactive ketones (excluding diaryl/α,β-unsaturated/α-hetero) is 1. The molecular formula is C11H18O2. The van der Waals surface area contributed by atoms with Crippen molar-refractivity contribution in [2.24, 2.45) is 11.3 Å². The van der Waals surface area contributed by atoms with Crippen LogP contribution in [-0.2, 0) is 4.79 Å². The standard InChI is InChI=1S/C11H18O2/c1-3-11-5-4-8(9(12)6-11)10(2,13)7-11/h8,13H,3-7H2,1-2H3/t8-,10-,11+/m0/s1. The van der Waals surface area contributed by atoms with Gasteiger partial charge in [0.05, 0.1) is 5.60 Å². The molecule has 0 heterocycles. The number of ketones is 1. The summed E-state index contributed by atoms with van der Waals surface area (Å²) in [4.78, 5) is 11.7. The number of carbonyl (C=O) groups is 1. The number of hydrogen-bond acceptors (Lipinski definition) is 2. The van der Waals surface area contributed by atoms with Crippen molar-refractivity contribution in [1.29, 1.82) is 0 Å². The second-order valence-corrected chi connectivity index (χ2v) is 5.12. The Hall–Kier alpha value is -0.370. The lowest BCUT2D eigenvalue weighted by Gasteiger charge is -2.52. The first-order valence-electron chi connectivity index (χ1n) is 5.24. The Balaban J connectivity index is 2.32. The lowest BCUT2D eigenvalue weighted by molar-refractivity contribution is -0.160. The molecule has 3 aliphatic carbocycles. The molecule has 3 rings (SSSR count). The van der Waals surface area contributed by atoms with Crippen molar-refractivity contribution in [3.8, 4) is 0 Å². The summed E-state index contributed by atoms with van der Waals surface area (Å²) < 4.78 is 0. The van der Waals surface area contributed by atoms with Crippen LogP contribution >= 0.6 is 0 Å². The van der Waals surface area contributed by atoms with E-state index in [1.165, 1.54) is 0 Å². The number of carbonyl (C=O) groups excluding carboxylic acids is 1. The van der Waals surface area contributed by atoms with Crippen LogP contribution in [0.25, 0.3) is 0 Å². The molecule has 3 aliphatic rings. The van der Waals surface area contributed by atoms with Crippen molar-refractivity contribution >= 4 is 5.78 Å². The maximum absolute atomic E-state index is 11.7. The van der Waals surface area contributed by atoms with Crippen LogP contribution in [0.3, 0.4) is 0 Å². The van der Waals surface area contributed by atoms with Crippen molar-refractivity contribution in [2.45, 2.75) is 51.6 Å². The minimum Gasteiger partial charge on any atom is -0.389 e. The highest BCUT2D eigenvalue weighted by Gasteiger charge is 2.54. The maximum atomic E-state index is 11.7. The van der Waals surface area contributed by atoms with E-state index in [9.17, 15) is 9.90 Å². The van der Waals surface area contributed by atoms with Gasteiger partial charge in [-0.05, 0) is 38.0 Å². The molecule has 74 valence electrons. The van der Waals surface area contributed by atoms with Gasteiger partial charge in [-0.2, -0.15) is 0 Å². The van der Waals surface area contributed by atoms with Crippen molar-refractivity contribution in [2.75, 3.05) is 0 Å². The summed E-state index contributed by atoms with van der Waals surface area (Å²) in [6, 6.07) is 0. The fraction of sp³-hybridized carbons (Fsp3) is 0.909. The van der Waals surface area contributed by atoms with Crippen LogP contribution in [0.2, 0.25) is 0 Å². The van der Waals surface area contributed by atoms with E-state index >= 15 is 0 Å². The van der Waals surface area contributed by atoms with E-state index in [1.807, 2.05) is 6.92 Å². The molecule has 2 nitrogen and oxygen atoms in total. The molecule has 1 N–H and O–H groups in total. The Morgan fingerprint density at radius 3 is 2.77 bits per heavy atom. The largest absolute Gasteiger partial charge is 0.389 e. The van der Waals surface area contributed by atoms with Gasteiger partial charge >= 0.3 is 0 Å². The number of aliphatic hydroxyl groups is 1. The van der Waals surface area contributed by atoms with E-state index in [0.29, 0.717) is 12.2 Å². The monoisotopic (exact) mass is 182 g/mol. The van der Waals surface area contributed by atoms with Crippen LogP contribution < -0.4 is 0 Å². The molecule has 2 heteroatoms. The summed E-state index contributed by atoms with van der Waals surface area (Å²) in [5.41, 5.74) is -0.584. The zero-order chi connectivity index (χ0) is 9.69. The second-order valence-electron chi connectivity index (χ2n) is 5.12. The first-order chi connectivity index (χ1) is 5.99. The van der Waals surface area contributed by atoms with E-state index in [1.54, 1.807) is 0 Å². The molecule has 0 radical (unpaired) electrons. The Bertz CT molecular complexity index is 244. The fourth-order valence-corrected chi connectivity index (χ4v) is 3.31. The fourth-order valence-electron chi connectivity index (χ4n) is 3.31. The Morgan fingerprint density at radius 2 is 2.31 bits per heavy atom. The van der Waals surface area contributed by atoms with E-state index in [2.05, 4.69) is 6.92 Å². The van der Waals surface area contributed by atoms with Gasteiger partial charge in [-0.25, -0.2) is 0 Å². The third kappa shape index (κ3) is 1.23. The highest BCUT2D eigenvalue weighted by Crippen LogP contribution is 2.54. The third-order valence-electron chi connectivity index (χ3n) is 4.13. The minimum absolute atomic E-state index is 0.0686. The topological polar surface area (TPSA) is 37.3 Å². The summed E-state index contributed by atoms with van der Waals surface area (Å²) in [5.74, 6) is 0.227. The van der Waals surface area contributed by atoms with Crippen LogP contribution in [0.5, 0.6) is 0 Å². The number of hydrogen-bond donors (Lipinski definition) is 1. The molecule has 0 aromatic carbocycles. The highest BCUT2D eigenvalue weighted by atomic mass is 16.3. The minimum atomic E-state index is -0.719. The number of rotatable bonds is 1. The molecule has 3 saturated carbocycles. The summed E-state index contributed by atoms with van der Waals surface area (Å²) in [6.45, 7) is 3.97. The summed E-state index contributed by atoms with van der Waals surface area (Å²) >= 11 is 0. The molecule has 2 bridgehead atoms. The van der Waals surface area contributed by atoms with Gasteiger partial charge < -0.3 is 5.11 Å². The molecule has 0 aromatic heterocycles. The zero-order valence-electron chi connectivity index (χ0n) is 8.47. The second kappa shape index (κ2) is 2.57. The molecule has 0 spiro atoms. The molecule has 0 unspecified atom stereocenters. The zero-order valence-corrected chi connectivity index (χ0v) is 8.47. The first-order valence-corrected chi connectivity index (χ1v) is 5.24. The predicted octanol–water partition coefficient (Wildman–Crippen LogP) is 1.91. The maximum Gasteiger partial charge on any atom is 0.139 e. The Kier molecular flexibility index (Phi) is 1.82. The highest BCUT2D eigenvalue weighted by molar-refractivity contribution is 5.84. The van der Waals surface area contributed by atoms with Crippen molar-refractivity contribution in [3.05, 3.63) is 0 Å². The molecule has 13 heavy (non-hydrogen) atoms. The van der Waals surface area contributed by atoms with E-state index < -0.39 is 5.60 Å². The normalized spacial score (nSPS) is 49.8. The molecular weight excluding hydrogens is 164 g/mol. The van der Waals surface area contributed by atoms with Gasteiger partial charge in [0.25, 0.3) is 0 Å². The SMILES string of the molecule is CC[C@@]12CC[C@@H](C(=O)C1)[C@@](C)(O)C2. The van der Waals surface area contributed by atoms with Gasteiger partial charge in [-0.3, -0.25) is 4.79 Å². The average Bonchev–Trinajstić information content (AvgIpc) is 2.02.